The normalized spacial score (nSPS) is 12.0. The van der Waals surface area contributed by atoms with E-state index in [0.717, 1.165) is 0 Å². The van der Waals surface area contributed by atoms with Gasteiger partial charge in [-0.2, -0.15) is 4.98 Å². The molecule has 2 aromatic heterocycles. The minimum atomic E-state index is -3.08. The van der Waals surface area contributed by atoms with E-state index >= 15 is 0 Å². The van der Waals surface area contributed by atoms with E-state index < -0.39 is 9.84 Å². The number of benzene rings is 1. The molecule has 0 aliphatic rings. The number of hydrogen-bond donors (Lipinski definition) is 2. The van der Waals surface area contributed by atoms with E-state index in [1.165, 1.54) is 0 Å². The highest BCUT2D eigenvalue weighted by molar-refractivity contribution is 7.91. The number of rotatable bonds is 5. The van der Waals surface area contributed by atoms with Crippen LogP contribution < -0.4 is 5.69 Å². The van der Waals surface area contributed by atoms with Gasteiger partial charge in [0.15, 0.2) is 5.82 Å². The van der Waals surface area contributed by atoms with Gasteiger partial charge in [0, 0.05) is 12.2 Å². The van der Waals surface area contributed by atoms with Crippen molar-refractivity contribution in [3.63, 3.8) is 0 Å². The van der Waals surface area contributed by atoms with Crippen LogP contribution in [0.15, 0.2) is 27.5 Å². The van der Waals surface area contributed by atoms with Crippen molar-refractivity contribution in [3.8, 4) is 11.5 Å². The third-order valence-electron chi connectivity index (χ3n) is 3.33. The fourth-order valence-corrected chi connectivity index (χ4v) is 2.87. The number of sulfone groups is 1. The number of nitrogens with zero attached hydrogens (tertiary/aromatic N) is 2. The number of H-pyrrole nitrogens is 2. The van der Waals surface area contributed by atoms with Crippen molar-refractivity contribution in [1.82, 2.24) is 20.1 Å². The van der Waals surface area contributed by atoms with Crippen molar-refractivity contribution in [3.05, 3.63) is 34.5 Å². The molecular weight excluding hydrogens is 308 g/mol. The Kier molecular flexibility index (Phi) is 3.57. The number of para-hydroxylation sites is 1. The molecule has 0 saturated heterocycles. The molecule has 0 spiro atoms. The molecule has 8 nitrogen and oxygen atoms in total. The van der Waals surface area contributed by atoms with Gasteiger partial charge in [0.05, 0.1) is 22.3 Å². The molecule has 0 saturated carbocycles. The first-order chi connectivity index (χ1) is 10.5. The molecule has 1 aromatic carbocycles. The molecule has 9 heteroatoms. The predicted octanol–water partition coefficient (Wildman–Crippen LogP) is 0.883. The summed E-state index contributed by atoms with van der Waals surface area (Å²) in [7, 11) is -3.08. The molecule has 0 fully saturated rings. The highest BCUT2D eigenvalue weighted by Gasteiger charge is 2.15. The molecular formula is C13H14N4O4S. The third-order valence-corrected chi connectivity index (χ3v) is 5.03. The summed E-state index contributed by atoms with van der Waals surface area (Å²) in [5, 5.41) is 3.79. The first-order valence-electron chi connectivity index (χ1n) is 6.73. The second kappa shape index (κ2) is 5.41. The average Bonchev–Trinajstić information content (AvgIpc) is 3.10. The van der Waals surface area contributed by atoms with Gasteiger partial charge in [0.25, 0.3) is 5.89 Å². The van der Waals surface area contributed by atoms with Gasteiger partial charge in [0.2, 0.25) is 0 Å². The Morgan fingerprint density at radius 1 is 1.27 bits per heavy atom. The summed E-state index contributed by atoms with van der Waals surface area (Å²) in [4.78, 5) is 20.9. The summed E-state index contributed by atoms with van der Waals surface area (Å²) in [6, 6.07) is 5.25. The predicted molar refractivity (Wildman–Crippen MR) is 80.2 cm³/mol. The van der Waals surface area contributed by atoms with E-state index in [4.69, 9.17) is 4.52 Å². The highest BCUT2D eigenvalue weighted by Crippen LogP contribution is 2.24. The first kappa shape index (κ1) is 14.5. The smallest absolute Gasteiger partial charge is 0.323 e. The van der Waals surface area contributed by atoms with Gasteiger partial charge in [0.1, 0.15) is 9.84 Å². The molecule has 0 aliphatic carbocycles. The molecule has 0 amide bonds. The first-order valence-corrected chi connectivity index (χ1v) is 8.55. The lowest BCUT2D eigenvalue weighted by atomic mass is 10.2. The van der Waals surface area contributed by atoms with Crippen LogP contribution in [0.4, 0.5) is 0 Å². The average molecular weight is 322 g/mol. The third kappa shape index (κ3) is 2.80. The number of fused-ring (bicyclic) bond motifs is 1. The van der Waals surface area contributed by atoms with Gasteiger partial charge in [-0.3, -0.25) is 0 Å². The summed E-state index contributed by atoms with van der Waals surface area (Å²) >= 11 is 0. The van der Waals surface area contributed by atoms with Crippen LogP contribution in [0.3, 0.4) is 0 Å². The topological polar surface area (TPSA) is 122 Å². The number of nitrogens with one attached hydrogen (secondary N) is 2. The second-order valence-electron chi connectivity index (χ2n) is 4.81. The number of hydrogen-bond acceptors (Lipinski definition) is 6. The van der Waals surface area contributed by atoms with Gasteiger partial charge in [-0.25, -0.2) is 13.2 Å². The summed E-state index contributed by atoms with van der Waals surface area (Å²) in [6.45, 7) is 1.60. The van der Waals surface area contributed by atoms with Crippen LogP contribution >= 0.6 is 0 Å². The van der Waals surface area contributed by atoms with Crippen molar-refractivity contribution < 1.29 is 12.9 Å². The molecule has 22 heavy (non-hydrogen) atoms. The Balaban J connectivity index is 1.91. The number of aromatic amines is 2. The Morgan fingerprint density at radius 2 is 2.09 bits per heavy atom. The van der Waals surface area contributed by atoms with Crippen LogP contribution in [0.25, 0.3) is 22.5 Å². The zero-order valence-corrected chi connectivity index (χ0v) is 12.6. The van der Waals surface area contributed by atoms with Crippen LogP contribution in [-0.4, -0.2) is 40.0 Å². The quantitative estimate of drug-likeness (QED) is 0.719. The highest BCUT2D eigenvalue weighted by atomic mass is 32.2. The number of aromatic nitrogens is 4. The molecule has 3 aromatic rings. The fraction of sp³-hybridized carbons (Fsp3) is 0.308. The van der Waals surface area contributed by atoms with E-state index in [1.807, 2.05) is 0 Å². The van der Waals surface area contributed by atoms with Crippen LogP contribution in [0.5, 0.6) is 0 Å². The van der Waals surface area contributed by atoms with Crippen molar-refractivity contribution in [2.45, 2.75) is 13.3 Å². The van der Waals surface area contributed by atoms with Crippen LogP contribution in [0.2, 0.25) is 0 Å². The minimum absolute atomic E-state index is 0.0202. The molecule has 0 aliphatic heterocycles. The number of aryl methyl sites for hydroxylation is 1. The van der Waals surface area contributed by atoms with E-state index in [2.05, 4.69) is 20.1 Å². The molecule has 0 radical (unpaired) electrons. The van der Waals surface area contributed by atoms with Crippen molar-refractivity contribution >= 4 is 20.9 Å². The van der Waals surface area contributed by atoms with Gasteiger partial charge in [-0.05, 0) is 12.1 Å². The Labute approximate surface area is 125 Å². The van der Waals surface area contributed by atoms with Crippen molar-refractivity contribution in [2.24, 2.45) is 0 Å². The maximum absolute atomic E-state index is 11.5. The Bertz CT molecular complexity index is 967. The second-order valence-corrected chi connectivity index (χ2v) is 7.28. The minimum Gasteiger partial charge on any atom is -0.334 e. The molecule has 0 atom stereocenters. The Hall–Kier alpha value is -2.42. The van der Waals surface area contributed by atoms with Crippen LogP contribution in [0, 0.1) is 0 Å². The zero-order valence-electron chi connectivity index (χ0n) is 11.8. The Morgan fingerprint density at radius 3 is 2.86 bits per heavy atom. The largest absolute Gasteiger partial charge is 0.334 e. The molecule has 2 heterocycles. The lowest BCUT2D eigenvalue weighted by Gasteiger charge is -1.97. The summed E-state index contributed by atoms with van der Waals surface area (Å²) in [5.41, 5.74) is 1.48. The lowest BCUT2D eigenvalue weighted by Crippen LogP contribution is -2.11. The van der Waals surface area contributed by atoms with Crippen LogP contribution in [-0.2, 0) is 16.3 Å². The molecule has 2 N–H and O–H groups in total. The molecule has 3 rings (SSSR count). The number of imidazole rings is 1. The zero-order chi connectivity index (χ0) is 15.7. The SMILES string of the molecule is CCS(=O)(=O)CCc1noc(-c2cccc3[nH]c(=O)[nH]c23)n1. The van der Waals surface area contributed by atoms with Gasteiger partial charge in [-0.1, -0.05) is 18.1 Å². The van der Waals surface area contributed by atoms with Gasteiger partial charge < -0.3 is 14.5 Å². The van der Waals surface area contributed by atoms with Crippen molar-refractivity contribution in [1.29, 1.82) is 0 Å². The molecule has 116 valence electrons. The lowest BCUT2D eigenvalue weighted by molar-refractivity contribution is 0.423. The van der Waals surface area contributed by atoms with E-state index in [1.54, 1.807) is 25.1 Å². The van der Waals surface area contributed by atoms with Gasteiger partial charge >= 0.3 is 5.69 Å². The standard InChI is InChI=1S/C13H14N4O4S/c1-2-22(19,20)7-6-10-15-12(21-17-10)8-4-3-5-9-11(8)16-13(18)14-9/h3-5H,2,6-7H2,1H3,(H2,14,16,18). The summed E-state index contributed by atoms with van der Waals surface area (Å²) < 4.78 is 28.2. The van der Waals surface area contributed by atoms with Crippen molar-refractivity contribution in [2.75, 3.05) is 11.5 Å². The molecule has 0 unspecified atom stereocenters. The monoisotopic (exact) mass is 322 g/mol. The summed E-state index contributed by atoms with van der Waals surface area (Å²) in [5.74, 6) is 0.626. The maximum Gasteiger partial charge on any atom is 0.323 e. The van der Waals surface area contributed by atoms with E-state index in [0.29, 0.717) is 22.4 Å². The van der Waals surface area contributed by atoms with Crippen LogP contribution in [0.1, 0.15) is 12.7 Å². The molecule has 0 bridgehead atoms. The van der Waals surface area contributed by atoms with E-state index in [9.17, 15) is 13.2 Å². The maximum atomic E-state index is 11.5. The van der Waals surface area contributed by atoms with Gasteiger partial charge in [-0.15, -0.1) is 0 Å². The fourth-order valence-electron chi connectivity index (χ4n) is 2.09. The summed E-state index contributed by atoms with van der Waals surface area (Å²) in [6.07, 6.45) is 0.194. The van der Waals surface area contributed by atoms with E-state index in [-0.39, 0.29) is 29.5 Å².